The lowest BCUT2D eigenvalue weighted by molar-refractivity contribution is -0.153. The fourth-order valence-corrected chi connectivity index (χ4v) is 3.15. The van der Waals surface area contributed by atoms with E-state index in [-0.39, 0.29) is 11.6 Å². The van der Waals surface area contributed by atoms with Crippen molar-refractivity contribution in [2.45, 2.75) is 17.1 Å². The molecule has 3 rings (SSSR count). The zero-order chi connectivity index (χ0) is 19.4. The fourth-order valence-electron chi connectivity index (χ4n) is 2.29. The third kappa shape index (κ3) is 5.22. The number of hydrogen-bond donors (Lipinski definition) is 0. The minimum atomic E-state index is -4.36. The molecule has 0 bridgehead atoms. The second-order valence-corrected chi connectivity index (χ2v) is 6.65. The van der Waals surface area contributed by atoms with Gasteiger partial charge in [0.1, 0.15) is 11.6 Å². The predicted octanol–water partition coefficient (Wildman–Crippen LogP) is 4.85. The molecule has 0 aliphatic carbocycles. The number of benzene rings is 2. The summed E-state index contributed by atoms with van der Waals surface area (Å²) < 4.78 is 56.0. The Morgan fingerprint density at radius 2 is 1.67 bits per heavy atom. The van der Waals surface area contributed by atoms with E-state index < -0.39 is 12.8 Å². The van der Waals surface area contributed by atoms with Crippen LogP contribution in [0.5, 0.6) is 5.75 Å². The van der Waals surface area contributed by atoms with E-state index in [1.165, 1.54) is 36.0 Å². The molecule has 0 spiro atoms. The van der Waals surface area contributed by atoms with Gasteiger partial charge in [-0.05, 0) is 42.0 Å². The molecule has 0 saturated carbocycles. The molecule has 0 radical (unpaired) electrons. The van der Waals surface area contributed by atoms with Gasteiger partial charge in [-0.25, -0.2) is 4.39 Å². The van der Waals surface area contributed by atoms with E-state index in [4.69, 9.17) is 0 Å². The van der Waals surface area contributed by atoms with Crippen molar-refractivity contribution in [3.8, 4) is 17.1 Å². The van der Waals surface area contributed by atoms with Gasteiger partial charge in [0.25, 0.3) is 0 Å². The Bertz CT molecular complexity index is 892. The molecular formula is C18H15F4N3OS. The Labute approximate surface area is 157 Å². The average molecular weight is 397 g/mol. The summed E-state index contributed by atoms with van der Waals surface area (Å²) in [5.74, 6) is 1.03. The van der Waals surface area contributed by atoms with Crippen LogP contribution in [-0.2, 0) is 12.8 Å². The van der Waals surface area contributed by atoms with Gasteiger partial charge in [-0.1, -0.05) is 23.9 Å². The van der Waals surface area contributed by atoms with Crippen molar-refractivity contribution in [2.24, 2.45) is 7.05 Å². The summed E-state index contributed by atoms with van der Waals surface area (Å²) in [7, 11) is 1.81. The Morgan fingerprint density at radius 1 is 1.00 bits per heavy atom. The number of halogens is 4. The number of thioether (sulfide) groups is 1. The van der Waals surface area contributed by atoms with E-state index in [1.54, 1.807) is 28.8 Å². The highest BCUT2D eigenvalue weighted by atomic mass is 32.2. The van der Waals surface area contributed by atoms with E-state index in [0.29, 0.717) is 16.7 Å². The van der Waals surface area contributed by atoms with Crippen LogP contribution in [0.3, 0.4) is 0 Å². The molecule has 0 amide bonds. The van der Waals surface area contributed by atoms with Gasteiger partial charge in [-0.3, -0.25) is 0 Å². The summed E-state index contributed by atoms with van der Waals surface area (Å²) >= 11 is 1.44. The summed E-state index contributed by atoms with van der Waals surface area (Å²) in [6, 6.07) is 12.4. The number of ether oxygens (including phenoxy) is 1. The summed E-state index contributed by atoms with van der Waals surface area (Å²) in [4.78, 5) is 0. The van der Waals surface area contributed by atoms with Crippen molar-refractivity contribution in [3.63, 3.8) is 0 Å². The molecule has 0 aliphatic rings. The first-order valence-electron chi connectivity index (χ1n) is 7.88. The molecule has 0 fully saturated rings. The lowest BCUT2D eigenvalue weighted by Gasteiger charge is -2.09. The van der Waals surface area contributed by atoms with Gasteiger partial charge in [-0.15, -0.1) is 10.2 Å². The number of hydrogen-bond acceptors (Lipinski definition) is 4. The second-order valence-electron chi connectivity index (χ2n) is 5.71. The third-order valence-electron chi connectivity index (χ3n) is 3.63. The van der Waals surface area contributed by atoms with E-state index in [1.807, 2.05) is 7.05 Å². The number of rotatable bonds is 6. The standard InChI is InChI=1S/C18H15F4N3OS/c1-25-16(13-4-6-14(19)7-5-13)23-24-17(25)27-10-12-2-8-15(9-3-12)26-11-18(20,21)22/h2-9H,10-11H2,1H3. The van der Waals surface area contributed by atoms with Crippen LogP contribution in [0, 0.1) is 5.82 Å². The molecule has 1 heterocycles. The van der Waals surface area contributed by atoms with E-state index in [0.717, 1.165) is 11.1 Å². The number of nitrogens with zero attached hydrogens (tertiary/aromatic N) is 3. The van der Waals surface area contributed by atoms with Crippen molar-refractivity contribution in [3.05, 3.63) is 59.9 Å². The topological polar surface area (TPSA) is 39.9 Å². The smallest absolute Gasteiger partial charge is 0.422 e. The summed E-state index contributed by atoms with van der Waals surface area (Å²) in [6.07, 6.45) is -4.36. The Balaban J connectivity index is 1.61. The molecule has 0 atom stereocenters. The van der Waals surface area contributed by atoms with Gasteiger partial charge in [-0.2, -0.15) is 13.2 Å². The minimum Gasteiger partial charge on any atom is -0.484 e. The van der Waals surface area contributed by atoms with Crippen LogP contribution in [0.2, 0.25) is 0 Å². The highest BCUT2D eigenvalue weighted by Crippen LogP contribution is 2.26. The molecule has 4 nitrogen and oxygen atoms in total. The summed E-state index contributed by atoms with van der Waals surface area (Å²) in [5.41, 5.74) is 1.66. The molecule has 3 aromatic rings. The summed E-state index contributed by atoms with van der Waals surface area (Å²) in [5, 5.41) is 8.94. The van der Waals surface area contributed by atoms with Crippen LogP contribution in [0.15, 0.2) is 53.7 Å². The summed E-state index contributed by atoms with van der Waals surface area (Å²) in [6.45, 7) is -1.31. The predicted molar refractivity (Wildman–Crippen MR) is 94.0 cm³/mol. The van der Waals surface area contributed by atoms with Crippen molar-refractivity contribution >= 4 is 11.8 Å². The molecule has 0 unspecified atom stereocenters. The second kappa shape index (κ2) is 7.99. The van der Waals surface area contributed by atoms with Gasteiger partial charge >= 0.3 is 6.18 Å². The maximum atomic E-state index is 13.0. The number of aromatic nitrogens is 3. The first-order chi connectivity index (χ1) is 12.8. The zero-order valence-electron chi connectivity index (χ0n) is 14.2. The Morgan fingerprint density at radius 3 is 2.30 bits per heavy atom. The van der Waals surface area contributed by atoms with Crippen molar-refractivity contribution < 1.29 is 22.3 Å². The highest BCUT2D eigenvalue weighted by molar-refractivity contribution is 7.98. The van der Waals surface area contributed by atoms with Crippen LogP contribution in [0.25, 0.3) is 11.4 Å². The molecule has 2 aromatic carbocycles. The van der Waals surface area contributed by atoms with Gasteiger partial charge in [0, 0.05) is 18.4 Å². The molecular weight excluding hydrogens is 382 g/mol. The van der Waals surface area contributed by atoms with Crippen LogP contribution in [0.4, 0.5) is 17.6 Å². The molecule has 0 N–H and O–H groups in total. The van der Waals surface area contributed by atoms with Gasteiger partial charge in [0.2, 0.25) is 0 Å². The quantitative estimate of drug-likeness (QED) is 0.440. The van der Waals surface area contributed by atoms with Crippen molar-refractivity contribution in [2.75, 3.05) is 6.61 Å². The largest absolute Gasteiger partial charge is 0.484 e. The molecule has 142 valence electrons. The molecule has 9 heteroatoms. The van der Waals surface area contributed by atoms with Crippen LogP contribution < -0.4 is 4.74 Å². The van der Waals surface area contributed by atoms with Crippen LogP contribution in [0.1, 0.15) is 5.56 Å². The molecule has 0 saturated heterocycles. The number of alkyl halides is 3. The fraction of sp³-hybridized carbons (Fsp3) is 0.222. The maximum Gasteiger partial charge on any atom is 0.422 e. The van der Waals surface area contributed by atoms with Gasteiger partial charge in [0.15, 0.2) is 17.6 Å². The van der Waals surface area contributed by atoms with Crippen molar-refractivity contribution in [1.82, 2.24) is 14.8 Å². The zero-order valence-corrected chi connectivity index (χ0v) is 15.0. The Hall–Kier alpha value is -2.55. The van der Waals surface area contributed by atoms with Crippen LogP contribution >= 0.6 is 11.8 Å². The first kappa shape index (κ1) is 19.2. The van der Waals surface area contributed by atoms with Crippen LogP contribution in [-0.4, -0.2) is 27.5 Å². The van der Waals surface area contributed by atoms with Gasteiger partial charge < -0.3 is 9.30 Å². The van der Waals surface area contributed by atoms with E-state index in [2.05, 4.69) is 14.9 Å². The normalized spacial score (nSPS) is 11.6. The SMILES string of the molecule is Cn1c(SCc2ccc(OCC(F)(F)F)cc2)nnc1-c1ccc(F)cc1. The van der Waals surface area contributed by atoms with E-state index in [9.17, 15) is 17.6 Å². The first-order valence-corrected chi connectivity index (χ1v) is 8.87. The van der Waals surface area contributed by atoms with Gasteiger partial charge in [0.05, 0.1) is 0 Å². The minimum absolute atomic E-state index is 0.165. The maximum absolute atomic E-state index is 13.0. The average Bonchev–Trinajstić information content (AvgIpc) is 3.00. The third-order valence-corrected chi connectivity index (χ3v) is 4.72. The van der Waals surface area contributed by atoms with Crippen molar-refractivity contribution in [1.29, 1.82) is 0 Å². The van der Waals surface area contributed by atoms with E-state index >= 15 is 0 Å². The molecule has 0 aliphatic heterocycles. The molecule has 1 aromatic heterocycles. The monoisotopic (exact) mass is 397 g/mol. The highest BCUT2D eigenvalue weighted by Gasteiger charge is 2.28. The lowest BCUT2D eigenvalue weighted by atomic mass is 10.2. The molecule has 27 heavy (non-hydrogen) atoms. The lowest BCUT2D eigenvalue weighted by Crippen LogP contribution is -2.19. The Kier molecular flexibility index (Phi) is 5.69.